The van der Waals surface area contributed by atoms with Crippen LogP contribution in [0.5, 0.6) is 0 Å². The predicted molar refractivity (Wildman–Crippen MR) is 72.3 cm³/mol. The van der Waals surface area contributed by atoms with E-state index in [1.807, 2.05) is 25.7 Å². The van der Waals surface area contributed by atoms with Crippen molar-refractivity contribution in [2.24, 2.45) is 0 Å². The molecule has 0 fully saturated rings. The van der Waals surface area contributed by atoms with E-state index in [-0.39, 0.29) is 0 Å². The maximum absolute atomic E-state index is 13.8. The van der Waals surface area contributed by atoms with Gasteiger partial charge in [0.05, 0.1) is 11.1 Å². The summed E-state index contributed by atoms with van der Waals surface area (Å²) in [7, 11) is 0. The number of carbonyl (C=O) groups excluding carboxylic acids is 1. The van der Waals surface area contributed by atoms with Gasteiger partial charge >= 0.3 is 0 Å². The van der Waals surface area contributed by atoms with Gasteiger partial charge in [0.15, 0.2) is 23.2 Å². The van der Waals surface area contributed by atoms with Gasteiger partial charge in [-0.3, -0.25) is 9.69 Å². The summed E-state index contributed by atoms with van der Waals surface area (Å²) in [6, 6.07) is 1.79. The first-order valence-corrected chi connectivity index (χ1v) is 6.76. The topological polar surface area (TPSA) is 20.3 Å². The summed E-state index contributed by atoms with van der Waals surface area (Å²) in [5.74, 6) is -4.84. The zero-order valence-corrected chi connectivity index (χ0v) is 12.3. The average molecular weight is 287 g/mol. The molecule has 0 aliphatic rings. The van der Waals surface area contributed by atoms with Gasteiger partial charge in [-0.15, -0.1) is 0 Å². The number of likely N-dealkylation sites (N-methyl/N-ethyl adjacent to an activating group) is 1. The fourth-order valence-electron chi connectivity index (χ4n) is 2.44. The van der Waals surface area contributed by atoms with E-state index >= 15 is 0 Å². The second kappa shape index (κ2) is 6.39. The molecule has 1 unspecified atom stereocenters. The maximum Gasteiger partial charge on any atom is 0.195 e. The molecule has 0 saturated carbocycles. The zero-order valence-electron chi connectivity index (χ0n) is 12.3. The fraction of sp³-hybridized carbons (Fsp3) is 0.533. The van der Waals surface area contributed by atoms with Crippen LogP contribution >= 0.6 is 0 Å². The minimum Gasteiger partial charge on any atom is -0.292 e. The lowest BCUT2D eigenvalue weighted by atomic mass is 9.86. The molecule has 20 heavy (non-hydrogen) atoms. The molecule has 0 aliphatic heterocycles. The van der Waals surface area contributed by atoms with Gasteiger partial charge in [0.25, 0.3) is 0 Å². The van der Waals surface area contributed by atoms with Gasteiger partial charge in [-0.25, -0.2) is 13.2 Å². The summed E-state index contributed by atoms with van der Waals surface area (Å²) in [5, 5.41) is 0. The third-order valence-electron chi connectivity index (χ3n) is 3.92. The monoisotopic (exact) mass is 287 g/mol. The van der Waals surface area contributed by atoms with Crippen molar-refractivity contribution in [2.45, 2.75) is 39.7 Å². The molecule has 0 saturated heterocycles. The molecule has 0 amide bonds. The van der Waals surface area contributed by atoms with Crippen molar-refractivity contribution < 1.29 is 18.0 Å². The highest BCUT2D eigenvalue weighted by molar-refractivity contribution is 6.03. The van der Waals surface area contributed by atoms with Crippen LogP contribution in [-0.4, -0.2) is 29.3 Å². The standard InChI is InChI=1S/C15H20F3NO/c1-5-15(4,19(6-2)7-3)14(20)10-8-9-11(16)13(18)12(10)17/h8-9H,5-7H2,1-4H3. The predicted octanol–water partition coefficient (Wildman–Crippen LogP) is 3.80. The maximum atomic E-state index is 13.8. The van der Waals surface area contributed by atoms with Gasteiger partial charge in [0.1, 0.15) is 0 Å². The van der Waals surface area contributed by atoms with Gasteiger partial charge in [-0.1, -0.05) is 20.8 Å². The number of rotatable bonds is 6. The Morgan fingerprint density at radius 2 is 1.65 bits per heavy atom. The van der Waals surface area contributed by atoms with Crippen molar-refractivity contribution in [3.63, 3.8) is 0 Å². The van der Waals surface area contributed by atoms with E-state index in [9.17, 15) is 18.0 Å². The van der Waals surface area contributed by atoms with Crippen molar-refractivity contribution in [1.29, 1.82) is 0 Å². The van der Waals surface area contributed by atoms with Gasteiger partial charge in [0.2, 0.25) is 0 Å². The number of Topliss-reactive ketones (excluding diaryl/α,β-unsaturated/α-hetero) is 1. The second-order valence-corrected chi connectivity index (χ2v) is 4.85. The number of hydrogen-bond donors (Lipinski definition) is 0. The third-order valence-corrected chi connectivity index (χ3v) is 3.92. The van der Waals surface area contributed by atoms with E-state index in [0.717, 1.165) is 12.1 Å². The van der Waals surface area contributed by atoms with Gasteiger partial charge in [-0.05, 0) is 38.6 Å². The number of ketones is 1. The van der Waals surface area contributed by atoms with Crippen LogP contribution in [0.2, 0.25) is 0 Å². The first-order valence-electron chi connectivity index (χ1n) is 6.76. The van der Waals surface area contributed by atoms with Crippen LogP contribution in [0.25, 0.3) is 0 Å². The van der Waals surface area contributed by atoms with Crippen LogP contribution in [0.1, 0.15) is 44.5 Å². The number of carbonyl (C=O) groups is 1. The molecule has 5 heteroatoms. The summed E-state index contributed by atoms with van der Waals surface area (Å²) in [6.07, 6.45) is 0.450. The number of hydrogen-bond acceptors (Lipinski definition) is 2. The summed E-state index contributed by atoms with van der Waals surface area (Å²) < 4.78 is 40.0. The van der Waals surface area contributed by atoms with E-state index in [2.05, 4.69) is 0 Å². The molecule has 0 bridgehead atoms. The van der Waals surface area contributed by atoms with E-state index in [1.165, 1.54) is 0 Å². The lowest BCUT2D eigenvalue weighted by Crippen LogP contribution is -2.52. The molecule has 1 aromatic carbocycles. The molecule has 1 atom stereocenters. The first kappa shape index (κ1) is 16.7. The molecule has 0 radical (unpaired) electrons. The summed E-state index contributed by atoms with van der Waals surface area (Å²) in [6.45, 7) is 8.52. The van der Waals surface area contributed by atoms with Crippen LogP contribution < -0.4 is 0 Å². The van der Waals surface area contributed by atoms with Crippen molar-refractivity contribution in [1.82, 2.24) is 4.90 Å². The zero-order chi connectivity index (χ0) is 15.5. The van der Waals surface area contributed by atoms with Crippen LogP contribution in [0.4, 0.5) is 13.2 Å². The molecule has 1 rings (SSSR count). The van der Waals surface area contributed by atoms with E-state index < -0.39 is 34.3 Å². The molecule has 0 aliphatic carbocycles. The Kier molecular flexibility index (Phi) is 5.34. The molecule has 2 nitrogen and oxygen atoms in total. The minimum absolute atomic E-state index is 0.403. The van der Waals surface area contributed by atoms with E-state index in [1.54, 1.807) is 6.92 Å². The number of halogens is 3. The lowest BCUT2D eigenvalue weighted by molar-refractivity contribution is 0.0602. The quantitative estimate of drug-likeness (QED) is 0.586. The summed E-state index contributed by atoms with van der Waals surface area (Å²) in [5.41, 5.74) is -1.34. The summed E-state index contributed by atoms with van der Waals surface area (Å²) in [4.78, 5) is 14.5. The van der Waals surface area contributed by atoms with Crippen molar-refractivity contribution in [3.8, 4) is 0 Å². The van der Waals surface area contributed by atoms with Gasteiger partial charge in [-0.2, -0.15) is 0 Å². The van der Waals surface area contributed by atoms with Gasteiger partial charge < -0.3 is 0 Å². The van der Waals surface area contributed by atoms with Crippen molar-refractivity contribution in [3.05, 3.63) is 35.1 Å². The number of benzene rings is 1. The van der Waals surface area contributed by atoms with Crippen LogP contribution in [0, 0.1) is 17.5 Å². The first-order chi connectivity index (χ1) is 9.33. The molecular weight excluding hydrogens is 267 g/mol. The average Bonchev–Trinajstić information content (AvgIpc) is 2.45. The molecule has 112 valence electrons. The third kappa shape index (κ3) is 2.73. The normalized spacial score (nSPS) is 14.4. The molecule has 0 spiro atoms. The van der Waals surface area contributed by atoms with Crippen LogP contribution in [0.3, 0.4) is 0 Å². The van der Waals surface area contributed by atoms with Crippen molar-refractivity contribution >= 4 is 5.78 Å². The van der Waals surface area contributed by atoms with Gasteiger partial charge in [0, 0.05) is 0 Å². The van der Waals surface area contributed by atoms with Crippen LogP contribution in [0.15, 0.2) is 12.1 Å². The highest BCUT2D eigenvalue weighted by Crippen LogP contribution is 2.27. The smallest absolute Gasteiger partial charge is 0.195 e. The largest absolute Gasteiger partial charge is 0.292 e. The Bertz CT molecular complexity index is 500. The molecular formula is C15H20F3NO. The highest BCUT2D eigenvalue weighted by atomic mass is 19.2. The van der Waals surface area contributed by atoms with E-state index in [4.69, 9.17) is 0 Å². The molecule has 1 aromatic rings. The molecule has 0 N–H and O–H groups in total. The Balaban J connectivity index is 3.31. The highest BCUT2D eigenvalue weighted by Gasteiger charge is 2.38. The Hall–Kier alpha value is -1.36. The molecule has 0 aromatic heterocycles. The lowest BCUT2D eigenvalue weighted by Gasteiger charge is -2.38. The Labute approximate surface area is 117 Å². The molecule has 0 heterocycles. The SMILES string of the molecule is CCN(CC)C(C)(CC)C(=O)c1ccc(F)c(F)c1F. The number of nitrogens with zero attached hydrogens (tertiary/aromatic N) is 1. The fourth-order valence-corrected chi connectivity index (χ4v) is 2.44. The summed E-state index contributed by atoms with van der Waals surface area (Å²) >= 11 is 0. The Morgan fingerprint density at radius 3 is 2.10 bits per heavy atom. The second-order valence-electron chi connectivity index (χ2n) is 4.85. The van der Waals surface area contributed by atoms with Crippen LogP contribution in [-0.2, 0) is 0 Å². The van der Waals surface area contributed by atoms with E-state index in [0.29, 0.717) is 19.5 Å². The van der Waals surface area contributed by atoms with Crippen molar-refractivity contribution in [2.75, 3.05) is 13.1 Å². The Morgan fingerprint density at radius 1 is 1.10 bits per heavy atom. The minimum atomic E-state index is -1.60.